The number of aryl methyl sites for hydroxylation is 2. The number of morpholine rings is 1. The number of carboxylic acid groups (broad SMARTS) is 1. The highest BCUT2D eigenvalue weighted by molar-refractivity contribution is 5.94. The van der Waals surface area contributed by atoms with Gasteiger partial charge in [-0.2, -0.15) is 0 Å². The Bertz CT molecular complexity index is 2210. The average molecular weight is 747 g/mol. The van der Waals surface area contributed by atoms with Gasteiger partial charge < -0.3 is 35.0 Å². The van der Waals surface area contributed by atoms with Crippen molar-refractivity contribution in [1.82, 2.24) is 40.2 Å². The lowest BCUT2D eigenvalue weighted by Gasteiger charge is -2.26. The molecule has 3 aliphatic rings. The van der Waals surface area contributed by atoms with Gasteiger partial charge in [0.25, 0.3) is 0 Å². The Morgan fingerprint density at radius 3 is 1.85 bits per heavy atom. The lowest BCUT2D eigenvalue weighted by Crippen LogP contribution is -2.47. The molecule has 55 heavy (non-hydrogen) atoms. The Balaban J connectivity index is 0.000000139. The number of fused-ring (bicyclic) bond motifs is 2. The van der Waals surface area contributed by atoms with E-state index >= 15 is 0 Å². The number of benzene rings is 2. The number of aromatic nitrogens is 6. The molecule has 7 heterocycles. The van der Waals surface area contributed by atoms with Gasteiger partial charge >= 0.3 is 5.97 Å². The molecular weight excluding hydrogens is 701 g/mol. The van der Waals surface area contributed by atoms with Crippen molar-refractivity contribution in [3.05, 3.63) is 96.6 Å². The zero-order valence-electron chi connectivity index (χ0n) is 31.1. The van der Waals surface area contributed by atoms with Crippen LogP contribution in [0.3, 0.4) is 0 Å². The molecule has 9 rings (SSSR count). The third-order valence-corrected chi connectivity index (χ3v) is 9.56. The molecule has 0 radical (unpaired) electrons. The minimum absolute atomic E-state index is 0.0309. The molecule has 1 unspecified atom stereocenters. The van der Waals surface area contributed by atoms with Gasteiger partial charge in [-0.25, -0.2) is 9.36 Å². The van der Waals surface area contributed by atoms with Crippen LogP contribution in [0, 0.1) is 13.8 Å². The molecule has 3 N–H and O–H groups in total. The van der Waals surface area contributed by atoms with Gasteiger partial charge in [0.15, 0.2) is 11.6 Å². The number of nitrogens with one attached hydrogen (secondary N) is 2. The molecular formula is C40H46N10O5. The first-order valence-electron chi connectivity index (χ1n) is 18.5. The molecule has 3 fully saturated rings. The minimum atomic E-state index is -0.838. The summed E-state index contributed by atoms with van der Waals surface area (Å²) in [6.45, 7) is 10.9. The third kappa shape index (κ3) is 8.91. The summed E-state index contributed by atoms with van der Waals surface area (Å²) in [6.07, 6.45) is 8.33. The van der Waals surface area contributed by atoms with Gasteiger partial charge in [0.2, 0.25) is 5.91 Å². The second kappa shape index (κ2) is 17.5. The maximum atomic E-state index is 11.7. The van der Waals surface area contributed by atoms with Crippen molar-refractivity contribution in [3.8, 4) is 11.4 Å². The highest BCUT2D eigenvalue weighted by Gasteiger charge is 2.23. The molecule has 15 heteroatoms. The molecule has 286 valence electrons. The largest absolute Gasteiger partial charge is 0.480 e. The van der Waals surface area contributed by atoms with E-state index in [9.17, 15) is 9.59 Å². The zero-order valence-corrected chi connectivity index (χ0v) is 31.1. The number of ether oxygens (including phenoxy) is 2. The van der Waals surface area contributed by atoms with Gasteiger partial charge in [0, 0.05) is 62.5 Å². The van der Waals surface area contributed by atoms with E-state index in [1.54, 1.807) is 6.20 Å². The number of hydrogen-bond acceptors (Lipinski definition) is 11. The highest BCUT2D eigenvalue weighted by atomic mass is 16.5. The van der Waals surface area contributed by atoms with Gasteiger partial charge in [-0.05, 0) is 56.7 Å². The molecule has 0 saturated carbocycles. The standard InChI is InChI=1S/C18H20N4O.C17H17N5O.C5H9NO3/c1-14-3-5-15(6-4-14)22-17-13-19-8-7-16(17)18(20-22)21-9-2-11-23-12-10-21;1-12-2-4-13(5-3-12)22-15-10-18-7-6-14(15)17(20-22)21-9-8-19-16(23)11-21;7-5(8)4-3-9-2-1-6-4/h3-8,13H,2,9-12H2,1H3;2-7,10H,8-9,11H2,1H3,(H,19,23);4,6H,1-3H2,(H,7,8). The van der Waals surface area contributed by atoms with E-state index in [0.29, 0.717) is 26.2 Å². The Labute approximate surface area is 318 Å². The monoisotopic (exact) mass is 746 g/mol. The van der Waals surface area contributed by atoms with Crippen LogP contribution in [-0.4, -0.2) is 118 Å². The highest BCUT2D eigenvalue weighted by Crippen LogP contribution is 2.30. The molecule has 1 atom stereocenters. The number of nitrogens with zero attached hydrogens (tertiary/aromatic N) is 8. The molecule has 0 aliphatic carbocycles. The number of anilines is 2. The summed E-state index contributed by atoms with van der Waals surface area (Å²) >= 11 is 0. The van der Waals surface area contributed by atoms with Gasteiger partial charge in [-0.1, -0.05) is 35.4 Å². The van der Waals surface area contributed by atoms with Crippen molar-refractivity contribution >= 4 is 45.3 Å². The number of aliphatic carboxylic acids is 1. The van der Waals surface area contributed by atoms with Crippen molar-refractivity contribution < 1.29 is 24.2 Å². The minimum Gasteiger partial charge on any atom is -0.480 e. The molecule has 6 aromatic rings. The van der Waals surface area contributed by atoms with Gasteiger partial charge in [0.1, 0.15) is 6.04 Å². The van der Waals surface area contributed by atoms with Gasteiger partial charge in [0.05, 0.1) is 61.2 Å². The molecule has 0 spiro atoms. The van der Waals surface area contributed by atoms with Crippen LogP contribution in [0.2, 0.25) is 0 Å². The number of piperazine rings is 1. The number of hydrogen-bond donors (Lipinski definition) is 3. The van der Waals surface area contributed by atoms with Gasteiger partial charge in [-0.3, -0.25) is 19.6 Å². The second-order valence-electron chi connectivity index (χ2n) is 13.6. The first kappa shape index (κ1) is 37.4. The van der Waals surface area contributed by atoms with E-state index in [0.717, 1.165) is 84.1 Å². The third-order valence-electron chi connectivity index (χ3n) is 9.56. The lowest BCUT2D eigenvalue weighted by atomic mass is 10.2. The van der Waals surface area contributed by atoms with E-state index in [4.69, 9.17) is 24.8 Å². The summed E-state index contributed by atoms with van der Waals surface area (Å²) in [4.78, 5) is 34.8. The molecule has 3 saturated heterocycles. The van der Waals surface area contributed by atoms with Crippen molar-refractivity contribution in [2.24, 2.45) is 0 Å². The molecule has 4 aromatic heterocycles. The Kier molecular flexibility index (Phi) is 11.9. The fourth-order valence-corrected chi connectivity index (χ4v) is 6.63. The summed E-state index contributed by atoms with van der Waals surface area (Å²) in [5, 5.41) is 25.9. The first-order chi connectivity index (χ1) is 26.9. The Hall–Kier alpha value is -5.90. The fraction of sp³-hybridized carbons (Fsp3) is 0.350. The summed E-state index contributed by atoms with van der Waals surface area (Å²) < 4.78 is 14.4. The maximum absolute atomic E-state index is 11.7. The molecule has 15 nitrogen and oxygen atoms in total. The van der Waals surface area contributed by atoms with Crippen molar-refractivity contribution in [1.29, 1.82) is 0 Å². The SMILES string of the molecule is Cc1ccc(-n2nc(N3CCCOCC3)c3ccncc32)cc1.Cc1ccc(-n2nc(N3CCNC(=O)C3)c3ccncc32)cc1.O=C(O)C1COCCN1. The Morgan fingerprint density at radius 1 is 0.727 bits per heavy atom. The van der Waals surface area contributed by atoms with Crippen LogP contribution in [0.25, 0.3) is 33.2 Å². The average Bonchev–Trinajstić information content (AvgIpc) is 3.68. The van der Waals surface area contributed by atoms with E-state index in [1.165, 1.54) is 11.1 Å². The van der Waals surface area contributed by atoms with Crippen LogP contribution in [0.4, 0.5) is 11.6 Å². The topological polar surface area (TPSA) is 165 Å². The quantitative estimate of drug-likeness (QED) is 0.235. The van der Waals surface area contributed by atoms with E-state index in [1.807, 2.05) is 57.1 Å². The van der Waals surface area contributed by atoms with Crippen LogP contribution in [0.1, 0.15) is 17.5 Å². The number of carbonyl (C=O) groups excluding carboxylic acids is 1. The van der Waals surface area contributed by atoms with E-state index in [-0.39, 0.29) is 12.5 Å². The molecule has 3 aliphatic heterocycles. The summed E-state index contributed by atoms with van der Waals surface area (Å²) in [5.41, 5.74) is 6.48. The van der Waals surface area contributed by atoms with E-state index < -0.39 is 12.0 Å². The normalized spacial score (nSPS) is 17.4. The number of carboxylic acids is 1. The fourth-order valence-electron chi connectivity index (χ4n) is 6.63. The number of pyridine rings is 2. The molecule has 0 bridgehead atoms. The van der Waals surface area contributed by atoms with Crippen LogP contribution in [-0.2, 0) is 19.1 Å². The van der Waals surface area contributed by atoms with Crippen molar-refractivity contribution in [2.75, 3.05) is 75.5 Å². The number of carbonyl (C=O) groups is 2. The smallest absolute Gasteiger partial charge is 0.323 e. The maximum Gasteiger partial charge on any atom is 0.323 e. The number of rotatable bonds is 5. The van der Waals surface area contributed by atoms with Crippen LogP contribution >= 0.6 is 0 Å². The second-order valence-corrected chi connectivity index (χ2v) is 13.6. The zero-order chi connectivity index (χ0) is 38.1. The molecule has 1 amide bonds. The van der Waals surface area contributed by atoms with Crippen LogP contribution < -0.4 is 20.4 Å². The van der Waals surface area contributed by atoms with E-state index in [2.05, 4.69) is 75.7 Å². The molecule has 2 aromatic carbocycles. The summed E-state index contributed by atoms with van der Waals surface area (Å²) in [6, 6.07) is 20.1. The van der Waals surface area contributed by atoms with Crippen molar-refractivity contribution in [3.63, 3.8) is 0 Å². The predicted molar refractivity (Wildman–Crippen MR) is 210 cm³/mol. The lowest BCUT2D eigenvalue weighted by molar-refractivity contribution is -0.142. The summed E-state index contributed by atoms with van der Waals surface area (Å²) in [7, 11) is 0. The van der Waals surface area contributed by atoms with Crippen molar-refractivity contribution in [2.45, 2.75) is 26.3 Å². The Morgan fingerprint density at radius 2 is 1.33 bits per heavy atom. The van der Waals surface area contributed by atoms with Crippen LogP contribution in [0.5, 0.6) is 0 Å². The predicted octanol–water partition coefficient (Wildman–Crippen LogP) is 3.68. The number of amides is 1. The summed E-state index contributed by atoms with van der Waals surface area (Å²) in [5.74, 6) is 1.05. The van der Waals surface area contributed by atoms with Gasteiger partial charge in [-0.15, -0.1) is 10.2 Å². The van der Waals surface area contributed by atoms with Crippen LogP contribution in [0.15, 0.2) is 85.5 Å². The first-order valence-corrected chi connectivity index (χ1v) is 18.5.